The van der Waals surface area contributed by atoms with Crippen LogP contribution in [0.15, 0.2) is 96.6 Å². The molecule has 10 heteroatoms. The summed E-state index contributed by atoms with van der Waals surface area (Å²) < 4.78 is 25.3. The first-order valence-electron chi connectivity index (χ1n) is 12.3. The van der Waals surface area contributed by atoms with E-state index in [4.69, 9.17) is 32.7 Å². The van der Waals surface area contributed by atoms with Crippen molar-refractivity contribution in [3.05, 3.63) is 129 Å². The molecule has 4 aromatic carbocycles. The Bertz CT molecular complexity index is 1640. The molecule has 1 aliphatic rings. The van der Waals surface area contributed by atoms with E-state index in [0.717, 1.165) is 10.5 Å². The number of imide groups is 2. The standard InChI is InChI=1S/C31H21Cl2FN2O5/c32-25-15-20(16-26(33)28(25)41-18-21-8-4-5-9-27(21)34)14-24-29(37)35-31(39)36(30(24)38)22-10-12-23(13-11-22)40-17-19-6-2-1-3-7-19/h1-16H,17-18H2,(H,35,37,39)/b24-14+. The van der Waals surface area contributed by atoms with E-state index in [1.165, 1.54) is 24.3 Å². The van der Waals surface area contributed by atoms with Gasteiger partial charge < -0.3 is 9.47 Å². The van der Waals surface area contributed by atoms with Crippen LogP contribution in [0.25, 0.3) is 6.08 Å². The minimum absolute atomic E-state index is 0.0865. The average Bonchev–Trinajstić information content (AvgIpc) is 2.96. The highest BCUT2D eigenvalue weighted by molar-refractivity contribution is 6.40. The minimum atomic E-state index is -0.886. The smallest absolute Gasteiger partial charge is 0.335 e. The van der Waals surface area contributed by atoms with Crippen LogP contribution in [0, 0.1) is 5.82 Å². The van der Waals surface area contributed by atoms with E-state index < -0.39 is 23.7 Å². The van der Waals surface area contributed by atoms with Crippen molar-refractivity contribution in [1.82, 2.24) is 5.32 Å². The van der Waals surface area contributed by atoms with Crippen LogP contribution in [0.3, 0.4) is 0 Å². The Labute approximate surface area is 244 Å². The molecular formula is C31H21Cl2FN2O5. The molecule has 4 aromatic rings. The zero-order valence-corrected chi connectivity index (χ0v) is 22.8. The maximum absolute atomic E-state index is 13.9. The summed E-state index contributed by atoms with van der Waals surface area (Å²) in [4.78, 5) is 39.4. The van der Waals surface area contributed by atoms with Crippen LogP contribution in [0.1, 0.15) is 16.7 Å². The molecule has 1 saturated heterocycles. The van der Waals surface area contributed by atoms with Crippen LogP contribution in [-0.4, -0.2) is 17.8 Å². The summed E-state index contributed by atoms with van der Waals surface area (Å²) in [5, 5.41) is 2.35. The molecule has 206 valence electrons. The molecule has 0 aromatic heterocycles. The van der Waals surface area contributed by atoms with Gasteiger partial charge in [-0.2, -0.15) is 0 Å². The van der Waals surface area contributed by atoms with Gasteiger partial charge in [0.25, 0.3) is 11.8 Å². The molecule has 0 aliphatic carbocycles. The number of nitrogens with one attached hydrogen (secondary N) is 1. The molecule has 5 rings (SSSR count). The third-order valence-corrected chi connectivity index (χ3v) is 6.67. The fraction of sp³-hybridized carbons (Fsp3) is 0.0645. The highest BCUT2D eigenvalue weighted by Gasteiger charge is 2.37. The van der Waals surface area contributed by atoms with E-state index in [1.807, 2.05) is 30.3 Å². The fourth-order valence-electron chi connectivity index (χ4n) is 4.06. The second-order valence-electron chi connectivity index (χ2n) is 8.92. The second-order valence-corrected chi connectivity index (χ2v) is 9.73. The number of carbonyl (C=O) groups excluding carboxylic acids is 3. The number of nitrogens with zero attached hydrogens (tertiary/aromatic N) is 1. The zero-order chi connectivity index (χ0) is 28.9. The van der Waals surface area contributed by atoms with Crippen LogP contribution in [0.4, 0.5) is 14.9 Å². The quantitative estimate of drug-likeness (QED) is 0.177. The SMILES string of the molecule is O=C1NC(=O)N(c2ccc(OCc3ccccc3)cc2)C(=O)/C1=C/c1cc(Cl)c(OCc2ccccc2F)c(Cl)c1. The Balaban J connectivity index is 1.33. The van der Waals surface area contributed by atoms with Crippen molar-refractivity contribution >= 4 is 52.8 Å². The Hall–Kier alpha value is -4.66. The molecule has 1 aliphatic heterocycles. The Morgan fingerprint density at radius 1 is 0.805 bits per heavy atom. The van der Waals surface area contributed by atoms with Crippen LogP contribution in [-0.2, 0) is 22.8 Å². The number of barbiturate groups is 1. The van der Waals surface area contributed by atoms with Crippen LogP contribution < -0.4 is 19.7 Å². The first kappa shape index (κ1) is 27.9. The average molecular weight is 591 g/mol. The summed E-state index contributed by atoms with van der Waals surface area (Å²) >= 11 is 12.7. The number of hydrogen-bond acceptors (Lipinski definition) is 5. The first-order chi connectivity index (χ1) is 19.8. The van der Waals surface area contributed by atoms with E-state index in [9.17, 15) is 18.8 Å². The summed E-state index contributed by atoms with van der Waals surface area (Å²) in [6, 6.07) is 24.0. The van der Waals surface area contributed by atoms with Gasteiger partial charge in [0.2, 0.25) is 0 Å². The lowest BCUT2D eigenvalue weighted by Crippen LogP contribution is -2.54. The third kappa shape index (κ3) is 6.40. The molecule has 1 heterocycles. The second kappa shape index (κ2) is 12.2. The number of amides is 4. The Morgan fingerprint density at radius 3 is 2.15 bits per heavy atom. The molecular weight excluding hydrogens is 570 g/mol. The van der Waals surface area contributed by atoms with E-state index in [1.54, 1.807) is 42.5 Å². The molecule has 1 N–H and O–H groups in total. The van der Waals surface area contributed by atoms with Crippen molar-refractivity contribution in [3.8, 4) is 11.5 Å². The van der Waals surface area contributed by atoms with Gasteiger partial charge in [-0.1, -0.05) is 71.7 Å². The third-order valence-electron chi connectivity index (χ3n) is 6.11. The van der Waals surface area contributed by atoms with Gasteiger partial charge >= 0.3 is 6.03 Å². The van der Waals surface area contributed by atoms with Gasteiger partial charge in [0.05, 0.1) is 15.7 Å². The van der Waals surface area contributed by atoms with Gasteiger partial charge in [-0.05, 0) is 59.7 Å². The number of benzene rings is 4. The molecule has 4 amide bonds. The van der Waals surface area contributed by atoms with Crippen LogP contribution >= 0.6 is 23.2 Å². The number of urea groups is 1. The van der Waals surface area contributed by atoms with Crippen molar-refractivity contribution in [2.45, 2.75) is 13.2 Å². The van der Waals surface area contributed by atoms with Crippen LogP contribution in [0.5, 0.6) is 11.5 Å². The van der Waals surface area contributed by atoms with Gasteiger partial charge in [0.1, 0.15) is 30.4 Å². The van der Waals surface area contributed by atoms with Crippen molar-refractivity contribution < 1.29 is 28.2 Å². The normalized spacial score (nSPS) is 14.3. The van der Waals surface area contributed by atoms with Crippen molar-refractivity contribution in [1.29, 1.82) is 0 Å². The molecule has 41 heavy (non-hydrogen) atoms. The van der Waals surface area contributed by atoms with Gasteiger partial charge in [0.15, 0.2) is 5.75 Å². The molecule has 0 unspecified atom stereocenters. The Morgan fingerprint density at radius 2 is 1.46 bits per heavy atom. The predicted octanol–water partition coefficient (Wildman–Crippen LogP) is 6.96. The molecule has 0 spiro atoms. The molecule has 0 atom stereocenters. The summed E-state index contributed by atoms with van der Waals surface area (Å²) in [5.41, 5.74) is 1.55. The maximum atomic E-state index is 13.9. The first-order valence-corrected chi connectivity index (χ1v) is 13.1. The topological polar surface area (TPSA) is 84.9 Å². The van der Waals surface area contributed by atoms with E-state index in [-0.39, 0.29) is 33.7 Å². The lowest BCUT2D eigenvalue weighted by atomic mass is 10.1. The van der Waals surface area contributed by atoms with Crippen molar-refractivity contribution in [2.24, 2.45) is 0 Å². The summed E-state index contributed by atoms with van der Waals surface area (Å²) in [6.45, 7) is 0.239. The lowest BCUT2D eigenvalue weighted by molar-refractivity contribution is -0.122. The molecule has 0 radical (unpaired) electrons. The van der Waals surface area contributed by atoms with Gasteiger partial charge in [-0.25, -0.2) is 14.1 Å². The molecule has 0 saturated carbocycles. The summed E-state index contributed by atoms with van der Waals surface area (Å²) in [7, 11) is 0. The lowest BCUT2D eigenvalue weighted by Gasteiger charge is -2.26. The monoisotopic (exact) mass is 590 g/mol. The largest absolute Gasteiger partial charge is 0.489 e. The number of anilines is 1. The summed E-state index contributed by atoms with van der Waals surface area (Å²) in [5.74, 6) is -1.48. The highest BCUT2D eigenvalue weighted by Crippen LogP contribution is 2.36. The highest BCUT2D eigenvalue weighted by atomic mass is 35.5. The van der Waals surface area contributed by atoms with Gasteiger partial charge in [-0.3, -0.25) is 14.9 Å². The Kier molecular flexibility index (Phi) is 8.33. The number of halogens is 3. The van der Waals surface area contributed by atoms with E-state index in [2.05, 4.69) is 5.32 Å². The predicted molar refractivity (Wildman–Crippen MR) is 153 cm³/mol. The van der Waals surface area contributed by atoms with Crippen molar-refractivity contribution in [2.75, 3.05) is 4.90 Å². The minimum Gasteiger partial charge on any atom is -0.489 e. The van der Waals surface area contributed by atoms with Crippen LogP contribution in [0.2, 0.25) is 10.0 Å². The fourth-order valence-corrected chi connectivity index (χ4v) is 4.67. The molecule has 7 nitrogen and oxygen atoms in total. The van der Waals surface area contributed by atoms with Crippen molar-refractivity contribution in [3.63, 3.8) is 0 Å². The summed E-state index contributed by atoms with van der Waals surface area (Å²) in [6.07, 6.45) is 1.27. The molecule has 1 fully saturated rings. The number of carbonyl (C=O) groups is 3. The zero-order valence-electron chi connectivity index (χ0n) is 21.3. The van der Waals surface area contributed by atoms with Gasteiger partial charge in [0, 0.05) is 5.56 Å². The van der Waals surface area contributed by atoms with Gasteiger partial charge in [-0.15, -0.1) is 0 Å². The number of ether oxygens (including phenoxy) is 2. The molecule has 0 bridgehead atoms. The maximum Gasteiger partial charge on any atom is 0.335 e. The van der Waals surface area contributed by atoms with E-state index in [0.29, 0.717) is 23.5 Å². The number of rotatable bonds is 8. The van der Waals surface area contributed by atoms with E-state index >= 15 is 0 Å². The number of hydrogen-bond donors (Lipinski definition) is 1.